The van der Waals surface area contributed by atoms with Crippen molar-refractivity contribution in [2.45, 2.75) is 25.0 Å². The molecule has 0 saturated carbocycles. The van der Waals surface area contributed by atoms with Crippen LogP contribution in [0.1, 0.15) is 24.2 Å². The van der Waals surface area contributed by atoms with Crippen LogP contribution < -0.4 is 4.72 Å². The van der Waals surface area contributed by atoms with Crippen LogP contribution >= 0.6 is 0 Å². The molecular weight excluding hydrogens is 298 g/mol. The first-order valence-electron chi connectivity index (χ1n) is 6.47. The molecule has 0 aliphatic heterocycles. The Kier molecular flexibility index (Phi) is 6.76. The molecule has 0 heterocycles. The van der Waals surface area contributed by atoms with Crippen LogP contribution in [0.2, 0.25) is 0 Å². The second-order valence-corrected chi connectivity index (χ2v) is 5.79. The van der Waals surface area contributed by atoms with Crippen molar-refractivity contribution in [3.63, 3.8) is 0 Å². The van der Waals surface area contributed by atoms with E-state index in [4.69, 9.17) is 14.6 Å². The average molecular weight is 317 g/mol. The van der Waals surface area contributed by atoms with Crippen molar-refractivity contribution in [2.24, 2.45) is 0 Å². The molecule has 0 aliphatic rings. The minimum Gasteiger partial charge on any atom is -0.478 e. The Labute approximate surface area is 123 Å². The largest absolute Gasteiger partial charge is 0.478 e. The van der Waals surface area contributed by atoms with E-state index < -0.39 is 22.3 Å². The summed E-state index contributed by atoms with van der Waals surface area (Å²) in [6, 6.07) is 5.12. The Balaban J connectivity index is 2.81. The fourth-order valence-electron chi connectivity index (χ4n) is 1.60. The molecule has 1 aromatic rings. The van der Waals surface area contributed by atoms with Crippen LogP contribution in [-0.2, 0) is 19.5 Å². The molecule has 0 aromatic heterocycles. The van der Waals surface area contributed by atoms with Gasteiger partial charge >= 0.3 is 5.97 Å². The first-order chi connectivity index (χ1) is 9.90. The Morgan fingerprint density at radius 1 is 1.29 bits per heavy atom. The number of carboxylic acids is 1. The van der Waals surface area contributed by atoms with Crippen molar-refractivity contribution in [1.29, 1.82) is 0 Å². The van der Waals surface area contributed by atoms with Gasteiger partial charge in [0.05, 0.1) is 17.0 Å². The smallest absolute Gasteiger partial charge is 0.335 e. The zero-order valence-electron chi connectivity index (χ0n) is 11.9. The lowest BCUT2D eigenvalue weighted by Crippen LogP contribution is -2.35. The summed E-state index contributed by atoms with van der Waals surface area (Å²) in [5.74, 6) is -1.19. The van der Waals surface area contributed by atoms with E-state index in [-0.39, 0.29) is 17.0 Å². The van der Waals surface area contributed by atoms with E-state index in [0.717, 1.165) is 6.07 Å². The molecule has 8 heteroatoms. The standard InChI is InChI=1S/C13H19NO6S/c1-3-19-12(20-4-2)9-14-21(17,18)11-7-5-6-10(8-11)13(15)16/h5-8,12,14H,3-4,9H2,1-2H3,(H,15,16). The molecule has 0 saturated heterocycles. The first kappa shape index (κ1) is 17.6. The van der Waals surface area contributed by atoms with Crippen LogP contribution in [0.4, 0.5) is 0 Å². The monoisotopic (exact) mass is 317 g/mol. The van der Waals surface area contributed by atoms with Gasteiger partial charge in [-0.15, -0.1) is 0 Å². The lowest BCUT2D eigenvalue weighted by molar-refractivity contribution is -0.130. The summed E-state index contributed by atoms with van der Waals surface area (Å²) >= 11 is 0. The molecule has 0 spiro atoms. The average Bonchev–Trinajstić information content (AvgIpc) is 2.45. The van der Waals surface area contributed by atoms with Gasteiger partial charge in [0.25, 0.3) is 0 Å². The van der Waals surface area contributed by atoms with E-state index in [1.807, 2.05) is 0 Å². The minimum atomic E-state index is -3.82. The van der Waals surface area contributed by atoms with Crippen molar-refractivity contribution in [1.82, 2.24) is 4.72 Å². The number of aromatic carboxylic acids is 1. The van der Waals surface area contributed by atoms with Crippen LogP contribution in [0.25, 0.3) is 0 Å². The number of ether oxygens (including phenoxy) is 2. The molecular formula is C13H19NO6S. The van der Waals surface area contributed by atoms with Crippen LogP contribution in [-0.4, -0.2) is 45.5 Å². The predicted octanol–water partition coefficient (Wildman–Crippen LogP) is 1.06. The van der Waals surface area contributed by atoms with E-state index >= 15 is 0 Å². The number of rotatable bonds is 9. The zero-order valence-corrected chi connectivity index (χ0v) is 12.7. The van der Waals surface area contributed by atoms with E-state index in [0.29, 0.717) is 13.2 Å². The lowest BCUT2D eigenvalue weighted by atomic mass is 10.2. The molecule has 0 atom stereocenters. The highest BCUT2D eigenvalue weighted by atomic mass is 32.2. The molecule has 2 N–H and O–H groups in total. The zero-order chi connectivity index (χ0) is 15.9. The van der Waals surface area contributed by atoms with Crippen LogP contribution in [0.5, 0.6) is 0 Å². The van der Waals surface area contributed by atoms with Crippen LogP contribution in [0.3, 0.4) is 0 Å². The number of benzene rings is 1. The molecule has 118 valence electrons. The second kappa shape index (κ2) is 8.08. The maximum atomic E-state index is 12.1. The number of carboxylic acid groups (broad SMARTS) is 1. The van der Waals surface area contributed by atoms with Gasteiger partial charge in [-0.05, 0) is 32.0 Å². The van der Waals surface area contributed by atoms with Crippen molar-refractivity contribution in [3.05, 3.63) is 29.8 Å². The lowest BCUT2D eigenvalue weighted by Gasteiger charge is -2.17. The van der Waals surface area contributed by atoms with Gasteiger partial charge < -0.3 is 14.6 Å². The second-order valence-electron chi connectivity index (χ2n) is 4.03. The quantitative estimate of drug-likeness (QED) is 0.660. The van der Waals surface area contributed by atoms with Gasteiger partial charge in [-0.25, -0.2) is 17.9 Å². The van der Waals surface area contributed by atoms with Gasteiger partial charge in [-0.3, -0.25) is 0 Å². The molecule has 7 nitrogen and oxygen atoms in total. The van der Waals surface area contributed by atoms with Crippen molar-refractivity contribution in [3.8, 4) is 0 Å². The fraction of sp³-hybridized carbons (Fsp3) is 0.462. The molecule has 1 aromatic carbocycles. The van der Waals surface area contributed by atoms with Gasteiger partial charge in [0.15, 0.2) is 6.29 Å². The fourth-order valence-corrected chi connectivity index (χ4v) is 2.66. The Hall–Kier alpha value is -1.48. The summed E-state index contributed by atoms with van der Waals surface area (Å²) in [4.78, 5) is 10.7. The Morgan fingerprint density at radius 3 is 2.43 bits per heavy atom. The highest BCUT2D eigenvalue weighted by Gasteiger charge is 2.18. The maximum Gasteiger partial charge on any atom is 0.335 e. The van der Waals surface area contributed by atoms with Crippen molar-refractivity contribution >= 4 is 16.0 Å². The topological polar surface area (TPSA) is 102 Å². The normalized spacial score (nSPS) is 11.8. The molecule has 0 aliphatic carbocycles. The van der Waals surface area contributed by atoms with E-state index in [1.54, 1.807) is 13.8 Å². The van der Waals surface area contributed by atoms with E-state index in [1.165, 1.54) is 18.2 Å². The number of hydrogen-bond acceptors (Lipinski definition) is 5. The van der Waals surface area contributed by atoms with E-state index in [2.05, 4.69) is 4.72 Å². The SMILES string of the molecule is CCOC(CNS(=O)(=O)c1cccc(C(=O)O)c1)OCC. The highest BCUT2D eigenvalue weighted by Crippen LogP contribution is 2.11. The molecule has 1 rings (SSSR count). The van der Waals surface area contributed by atoms with Crippen molar-refractivity contribution < 1.29 is 27.8 Å². The summed E-state index contributed by atoms with van der Waals surface area (Å²) in [6.07, 6.45) is -0.683. The van der Waals surface area contributed by atoms with Gasteiger partial charge in [0.1, 0.15) is 0 Å². The van der Waals surface area contributed by atoms with Gasteiger partial charge in [-0.1, -0.05) is 6.07 Å². The molecule has 0 unspecified atom stereocenters. The third-order valence-corrected chi connectivity index (χ3v) is 3.96. The summed E-state index contributed by atoms with van der Waals surface area (Å²) in [5, 5.41) is 8.88. The van der Waals surface area contributed by atoms with Gasteiger partial charge in [-0.2, -0.15) is 0 Å². The third kappa shape index (κ3) is 5.43. The summed E-state index contributed by atoms with van der Waals surface area (Å²) in [6.45, 7) is 4.27. The number of hydrogen-bond donors (Lipinski definition) is 2. The van der Waals surface area contributed by atoms with Crippen molar-refractivity contribution in [2.75, 3.05) is 19.8 Å². The maximum absolute atomic E-state index is 12.1. The van der Waals surface area contributed by atoms with Gasteiger partial charge in [0.2, 0.25) is 10.0 Å². The summed E-state index contributed by atoms with van der Waals surface area (Å²) < 4.78 is 37.0. The predicted molar refractivity (Wildman–Crippen MR) is 75.6 cm³/mol. The van der Waals surface area contributed by atoms with E-state index in [9.17, 15) is 13.2 Å². The molecule has 0 bridgehead atoms. The third-order valence-electron chi connectivity index (χ3n) is 2.54. The summed E-state index contributed by atoms with van der Waals surface area (Å²) in [5.41, 5.74) is -0.0935. The Morgan fingerprint density at radius 2 is 1.90 bits per heavy atom. The summed E-state index contributed by atoms with van der Waals surface area (Å²) in [7, 11) is -3.82. The molecule has 0 amide bonds. The molecule has 0 radical (unpaired) electrons. The first-order valence-corrected chi connectivity index (χ1v) is 7.95. The molecule has 0 fully saturated rings. The number of carbonyl (C=O) groups is 1. The molecule has 21 heavy (non-hydrogen) atoms. The number of sulfonamides is 1. The van der Waals surface area contributed by atoms with Crippen LogP contribution in [0.15, 0.2) is 29.2 Å². The Bertz CT molecular complexity index is 566. The number of nitrogens with one attached hydrogen (secondary N) is 1. The highest BCUT2D eigenvalue weighted by molar-refractivity contribution is 7.89. The van der Waals surface area contributed by atoms with Gasteiger partial charge in [0, 0.05) is 13.2 Å². The minimum absolute atomic E-state index is 0.0543. The van der Waals surface area contributed by atoms with Crippen LogP contribution in [0, 0.1) is 0 Å².